The Balaban J connectivity index is 1.07. The fourth-order valence-corrected chi connectivity index (χ4v) is 4.95. The second-order valence-electron chi connectivity index (χ2n) is 9.71. The zero-order chi connectivity index (χ0) is 27.5. The first-order chi connectivity index (χ1) is 19.5. The van der Waals surface area contributed by atoms with Gasteiger partial charge in [-0.1, -0.05) is 48.5 Å². The Bertz CT molecular complexity index is 1720. The molecule has 7 nitrogen and oxygen atoms in total. The molecular formula is C33H27N3O4. The number of para-hydroxylation sites is 1. The lowest BCUT2D eigenvalue weighted by Gasteiger charge is -2.36. The summed E-state index contributed by atoms with van der Waals surface area (Å²) in [5, 5.41) is 3.77. The number of piperazine rings is 1. The van der Waals surface area contributed by atoms with Crippen LogP contribution in [0.3, 0.4) is 0 Å². The van der Waals surface area contributed by atoms with Crippen molar-refractivity contribution < 1.29 is 14.0 Å². The van der Waals surface area contributed by atoms with E-state index in [4.69, 9.17) is 4.42 Å². The lowest BCUT2D eigenvalue weighted by Crippen LogP contribution is -2.48. The van der Waals surface area contributed by atoms with Gasteiger partial charge in [0.1, 0.15) is 5.58 Å². The average molecular weight is 530 g/mol. The molecule has 0 unspecified atom stereocenters. The van der Waals surface area contributed by atoms with Gasteiger partial charge in [0.05, 0.1) is 5.56 Å². The Morgan fingerprint density at radius 3 is 2.10 bits per heavy atom. The molecule has 5 aromatic rings. The van der Waals surface area contributed by atoms with E-state index in [1.54, 1.807) is 36.4 Å². The maximum Gasteiger partial charge on any atom is 0.344 e. The Kier molecular flexibility index (Phi) is 6.85. The highest BCUT2D eigenvalue weighted by Gasteiger charge is 2.22. The van der Waals surface area contributed by atoms with E-state index in [-0.39, 0.29) is 11.8 Å². The van der Waals surface area contributed by atoms with Crippen LogP contribution in [-0.2, 0) is 0 Å². The molecule has 2 heterocycles. The van der Waals surface area contributed by atoms with Crippen LogP contribution >= 0.6 is 0 Å². The van der Waals surface area contributed by atoms with Crippen LogP contribution in [0.4, 0.5) is 11.4 Å². The first-order valence-corrected chi connectivity index (χ1v) is 13.2. The van der Waals surface area contributed by atoms with Gasteiger partial charge >= 0.3 is 5.63 Å². The molecule has 1 saturated heterocycles. The molecule has 7 heteroatoms. The van der Waals surface area contributed by atoms with E-state index < -0.39 is 5.63 Å². The fourth-order valence-electron chi connectivity index (χ4n) is 4.95. The summed E-state index contributed by atoms with van der Waals surface area (Å²) < 4.78 is 5.44. The van der Waals surface area contributed by atoms with Gasteiger partial charge in [0, 0.05) is 54.1 Å². The minimum Gasteiger partial charge on any atom is -0.422 e. The third-order valence-electron chi connectivity index (χ3n) is 7.18. The molecule has 0 atom stereocenters. The molecule has 2 amide bonds. The predicted octanol–water partition coefficient (Wildman–Crippen LogP) is 5.67. The van der Waals surface area contributed by atoms with Gasteiger partial charge < -0.3 is 19.5 Å². The number of carbonyl (C=O) groups is 2. The van der Waals surface area contributed by atoms with Gasteiger partial charge in [-0.2, -0.15) is 0 Å². The molecule has 4 aromatic carbocycles. The van der Waals surface area contributed by atoms with Crippen LogP contribution in [0.1, 0.15) is 20.7 Å². The van der Waals surface area contributed by atoms with E-state index in [1.165, 1.54) is 0 Å². The molecule has 0 bridgehead atoms. The third kappa shape index (κ3) is 5.22. The molecule has 1 aliphatic heterocycles. The van der Waals surface area contributed by atoms with Crippen molar-refractivity contribution >= 4 is 34.2 Å². The first kappa shape index (κ1) is 25.1. The van der Waals surface area contributed by atoms with Gasteiger partial charge in [-0.05, 0) is 66.2 Å². The molecule has 1 aromatic heterocycles. The highest BCUT2D eigenvalue weighted by atomic mass is 16.4. The maximum atomic E-state index is 12.9. The molecule has 1 aliphatic rings. The normalized spacial score (nSPS) is 13.3. The highest BCUT2D eigenvalue weighted by Crippen LogP contribution is 2.23. The Hall–Kier alpha value is -5.17. The smallest absolute Gasteiger partial charge is 0.344 e. The SMILES string of the molecule is O=C(Nc1ccc(N2CCN(C(=O)c3ccccc3)CC2)cc1)c1ccc(-c2cc3ccccc3oc2=O)cc1. The number of nitrogens with one attached hydrogen (secondary N) is 1. The van der Waals surface area contributed by atoms with Gasteiger partial charge in [-0.3, -0.25) is 9.59 Å². The van der Waals surface area contributed by atoms with E-state index in [0.717, 1.165) is 24.2 Å². The minimum atomic E-state index is -0.416. The molecular weight excluding hydrogens is 502 g/mol. The number of fused-ring (bicyclic) bond motifs is 1. The largest absolute Gasteiger partial charge is 0.422 e. The van der Waals surface area contributed by atoms with Crippen molar-refractivity contribution in [1.82, 2.24) is 4.90 Å². The van der Waals surface area contributed by atoms with Crippen LogP contribution in [-0.4, -0.2) is 42.9 Å². The zero-order valence-electron chi connectivity index (χ0n) is 21.7. The summed E-state index contributed by atoms with van der Waals surface area (Å²) >= 11 is 0. The monoisotopic (exact) mass is 529 g/mol. The number of anilines is 2. The van der Waals surface area contributed by atoms with Gasteiger partial charge in [0.15, 0.2) is 0 Å². The van der Waals surface area contributed by atoms with Crippen molar-refractivity contribution in [2.24, 2.45) is 0 Å². The Morgan fingerprint density at radius 2 is 1.38 bits per heavy atom. The van der Waals surface area contributed by atoms with Gasteiger partial charge in [-0.25, -0.2) is 4.79 Å². The van der Waals surface area contributed by atoms with Crippen molar-refractivity contribution in [1.29, 1.82) is 0 Å². The van der Waals surface area contributed by atoms with Crippen molar-refractivity contribution in [2.45, 2.75) is 0 Å². The number of rotatable bonds is 5. The van der Waals surface area contributed by atoms with Crippen molar-refractivity contribution in [3.63, 3.8) is 0 Å². The molecule has 0 aliphatic carbocycles. The van der Waals surface area contributed by atoms with Gasteiger partial charge in [-0.15, -0.1) is 0 Å². The third-order valence-corrected chi connectivity index (χ3v) is 7.18. The predicted molar refractivity (Wildman–Crippen MR) is 157 cm³/mol. The van der Waals surface area contributed by atoms with Gasteiger partial charge in [0.2, 0.25) is 0 Å². The highest BCUT2D eigenvalue weighted by molar-refractivity contribution is 6.04. The molecule has 198 valence electrons. The maximum absolute atomic E-state index is 12.9. The number of carbonyl (C=O) groups excluding carboxylic acids is 2. The zero-order valence-corrected chi connectivity index (χ0v) is 21.7. The van der Waals surface area contributed by atoms with Crippen molar-refractivity contribution in [3.8, 4) is 11.1 Å². The number of nitrogens with zero attached hydrogens (tertiary/aromatic N) is 2. The second kappa shape index (κ2) is 10.9. The van der Waals surface area contributed by atoms with E-state index in [0.29, 0.717) is 46.6 Å². The lowest BCUT2D eigenvalue weighted by atomic mass is 10.0. The van der Waals surface area contributed by atoms with Crippen LogP contribution < -0.4 is 15.8 Å². The topological polar surface area (TPSA) is 82.9 Å². The summed E-state index contributed by atoms with van der Waals surface area (Å²) in [7, 11) is 0. The van der Waals surface area contributed by atoms with Crippen LogP contribution in [0.2, 0.25) is 0 Å². The summed E-state index contributed by atoms with van der Waals surface area (Å²) in [5.74, 6) is -0.176. The molecule has 0 spiro atoms. The summed E-state index contributed by atoms with van der Waals surface area (Å²) in [5.41, 5.74) is 4.19. The second-order valence-corrected chi connectivity index (χ2v) is 9.71. The summed E-state index contributed by atoms with van der Waals surface area (Å²) in [6.07, 6.45) is 0. The van der Waals surface area contributed by atoms with E-state index in [2.05, 4.69) is 10.2 Å². The summed E-state index contributed by atoms with van der Waals surface area (Å²) in [6, 6.07) is 33.1. The molecule has 1 N–H and O–H groups in total. The molecule has 0 radical (unpaired) electrons. The van der Waals surface area contributed by atoms with Crippen LogP contribution in [0, 0.1) is 0 Å². The van der Waals surface area contributed by atoms with Crippen LogP contribution in [0.5, 0.6) is 0 Å². The van der Waals surface area contributed by atoms with E-state index in [9.17, 15) is 14.4 Å². The van der Waals surface area contributed by atoms with E-state index >= 15 is 0 Å². The minimum absolute atomic E-state index is 0.0621. The number of benzene rings is 4. The standard InChI is InChI=1S/C33H27N3O4/c37-31(24-12-10-23(11-13-24)29-22-26-8-4-5-9-30(26)40-33(29)39)34-27-14-16-28(17-15-27)35-18-20-36(21-19-35)32(38)25-6-2-1-3-7-25/h1-17,22H,18-21H2,(H,34,37). The number of hydrogen-bond donors (Lipinski definition) is 1. The quantitative estimate of drug-likeness (QED) is 0.297. The fraction of sp³-hybridized carbons (Fsp3) is 0.121. The number of hydrogen-bond acceptors (Lipinski definition) is 5. The Morgan fingerprint density at radius 1 is 0.700 bits per heavy atom. The summed E-state index contributed by atoms with van der Waals surface area (Å²) in [4.78, 5) is 42.2. The Labute approximate surface area is 231 Å². The van der Waals surface area contributed by atoms with Crippen molar-refractivity contribution in [2.75, 3.05) is 36.4 Å². The molecule has 6 rings (SSSR count). The number of amides is 2. The molecule has 0 saturated carbocycles. The van der Waals surface area contributed by atoms with E-state index in [1.807, 2.05) is 77.7 Å². The molecule has 1 fully saturated rings. The first-order valence-electron chi connectivity index (χ1n) is 13.2. The lowest BCUT2D eigenvalue weighted by molar-refractivity contribution is 0.0746. The summed E-state index contributed by atoms with van der Waals surface area (Å²) in [6.45, 7) is 2.80. The average Bonchev–Trinajstić information content (AvgIpc) is 3.01. The van der Waals surface area contributed by atoms with Crippen molar-refractivity contribution in [3.05, 3.63) is 131 Å². The van der Waals surface area contributed by atoms with Gasteiger partial charge in [0.25, 0.3) is 11.8 Å². The van der Waals surface area contributed by atoms with Crippen LogP contribution in [0.15, 0.2) is 118 Å². The van der Waals surface area contributed by atoms with Crippen LogP contribution in [0.25, 0.3) is 22.1 Å². The molecule has 40 heavy (non-hydrogen) atoms.